The lowest BCUT2D eigenvalue weighted by Crippen LogP contribution is -2.08. The Labute approximate surface area is 125 Å². The quantitative estimate of drug-likeness (QED) is 0.317. The molecule has 0 radical (unpaired) electrons. The monoisotopic (exact) mass is 297 g/mol. The molecule has 0 N–H and O–H groups in total. The normalized spacial score (nSPS) is 10.6. The van der Waals surface area contributed by atoms with Gasteiger partial charge >= 0.3 is 11.7 Å². The maximum absolute atomic E-state index is 12.1. The first-order valence-corrected chi connectivity index (χ1v) is 6.50. The van der Waals surface area contributed by atoms with Gasteiger partial charge in [-0.25, -0.2) is 4.79 Å². The van der Waals surface area contributed by atoms with Crippen LogP contribution in [0.1, 0.15) is 16.1 Å². The number of hydrogen-bond donors (Lipinski definition) is 0. The predicted molar refractivity (Wildman–Crippen MR) is 79.0 cm³/mol. The highest BCUT2D eigenvalue weighted by Gasteiger charge is 2.21. The molecule has 0 aliphatic heterocycles. The molecule has 3 aromatic rings. The van der Waals surface area contributed by atoms with Crippen molar-refractivity contribution in [1.82, 2.24) is 0 Å². The van der Waals surface area contributed by atoms with Crippen LogP contribution in [-0.4, -0.2) is 10.9 Å². The van der Waals surface area contributed by atoms with Gasteiger partial charge in [-0.15, -0.1) is 0 Å². The van der Waals surface area contributed by atoms with Crippen molar-refractivity contribution in [1.29, 1.82) is 0 Å². The standard InChI is InChI=1S/C16H11NO5/c1-10-6-7-12(17(19)20)14(8-10)22-16(18)15-9-11-4-2-3-5-13(11)21-15/h2-9H,1H3. The van der Waals surface area contributed by atoms with Crippen LogP contribution in [0.2, 0.25) is 0 Å². The number of para-hydroxylation sites is 1. The summed E-state index contributed by atoms with van der Waals surface area (Å²) in [4.78, 5) is 22.5. The third-order valence-corrected chi connectivity index (χ3v) is 3.14. The number of carbonyl (C=O) groups excluding carboxylic acids is 1. The average Bonchev–Trinajstić information content (AvgIpc) is 2.91. The molecule has 0 spiro atoms. The Morgan fingerprint density at radius 3 is 2.68 bits per heavy atom. The van der Waals surface area contributed by atoms with Gasteiger partial charge in [0.15, 0.2) is 0 Å². The van der Waals surface area contributed by atoms with Crippen molar-refractivity contribution in [3.63, 3.8) is 0 Å². The van der Waals surface area contributed by atoms with E-state index in [0.717, 1.165) is 10.9 Å². The van der Waals surface area contributed by atoms with Gasteiger partial charge in [0.1, 0.15) is 5.58 Å². The fourth-order valence-corrected chi connectivity index (χ4v) is 2.09. The van der Waals surface area contributed by atoms with E-state index in [4.69, 9.17) is 9.15 Å². The van der Waals surface area contributed by atoms with E-state index in [2.05, 4.69) is 0 Å². The molecule has 22 heavy (non-hydrogen) atoms. The van der Waals surface area contributed by atoms with Crippen LogP contribution in [0.25, 0.3) is 11.0 Å². The van der Waals surface area contributed by atoms with E-state index in [1.54, 1.807) is 37.3 Å². The molecule has 0 saturated heterocycles. The average molecular weight is 297 g/mol. The molecule has 0 amide bonds. The van der Waals surface area contributed by atoms with Crippen molar-refractivity contribution in [2.24, 2.45) is 0 Å². The van der Waals surface area contributed by atoms with Crippen LogP contribution in [0.3, 0.4) is 0 Å². The van der Waals surface area contributed by atoms with Gasteiger partial charge in [0.25, 0.3) is 0 Å². The predicted octanol–water partition coefficient (Wildman–Crippen LogP) is 3.87. The second-order valence-corrected chi connectivity index (χ2v) is 4.77. The number of hydrogen-bond acceptors (Lipinski definition) is 5. The molecule has 110 valence electrons. The van der Waals surface area contributed by atoms with E-state index >= 15 is 0 Å². The van der Waals surface area contributed by atoms with Gasteiger partial charge < -0.3 is 9.15 Å². The van der Waals surface area contributed by atoms with E-state index < -0.39 is 10.9 Å². The first kappa shape index (κ1) is 13.8. The van der Waals surface area contributed by atoms with Crippen LogP contribution in [0.5, 0.6) is 5.75 Å². The van der Waals surface area contributed by atoms with E-state index in [-0.39, 0.29) is 17.2 Å². The van der Waals surface area contributed by atoms with Crippen molar-refractivity contribution >= 4 is 22.6 Å². The van der Waals surface area contributed by atoms with Crippen molar-refractivity contribution in [3.8, 4) is 5.75 Å². The maximum Gasteiger partial charge on any atom is 0.379 e. The number of furan rings is 1. The molecular weight excluding hydrogens is 286 g/mol. The summed E-state index contributed by atoms with van der Waals surface area (Å²) >= 11 is 0. The maximum atomic E-state index is 12.1. The van der Waals surface area contributed by atoms with E-state index in [9.17, 15) is 14.9 Å². The van der Waals surface area contributed by atoms with Crippen molar-refractivity contribution < 1.29 is 18.9 Å². The Balaban J connectivity index is 1.94. The Morgan fingerprint density at radius 2 is 1.95 bits per heavy atom. The summed E-state index contributed by atoms with van der Waals surface area (Å²) in [6, 6.07) is 13.0. The summed E-state index contributed by atoms with van der Waals surface area (Å²) in [5.74, 6) is -0.877. The number of ether oxygens (including phenoxy) is 1. The van der Waals surface area contributed by atoms with Gasteiger partial charge in [0.05, 0.1) is 4.92 Å². The second kappa shape index (κ2) is 5.33. The second-order valence-electron chi connectivity index (χ2n) is 4.77. The van der Waals surface area contributed by atoms with Gasteiger partial charge in [-0.05, 0) is 30.7 Å². The zero-order chi connectivity index (χ0) is 15.7. The fraction of sp³-hybridized carbons (Fsp3) is 0.0625. The van der Waals surface area contributed by atoms with Gasteiger partial charge in [-0.1, -0.05) is 24.3 Å². The number of nitro groups is 1. The number of nitrogens with zero attached hydrogens (tertiary/aromatic N) is 1. The molecule has 0 aliphatic carbocycles. The number of carbonyl (C=O) groups is 1. The highest BCUT2D eigenvalue weighted by atomic mass is 16.6. The molecule has 0 saturated carbocycles. The third kappa shape index (κ3) is 2.54. The molecule has 0 bridgehead atoms. The molecule has 0 aliphatic rings. The molecule has 0 atom stereocenters. The number of nitro benzene ring substituents is 1. The van der Waals surface area contributed by atoms with Crippen molar-refractivity contribution in [2.45, 2.75) is 6.92 Å². The molecule has 0 fully saturated rings. The fourth-order valence-electron chi connectivity index (χ4n) is 2.09. The lowest BCUT2D eigenvalue weighted by molar-refractivity contribution is -0.385. The highest BCUT2D eigenvalue weighted by Crippen LogP contribution is 2.29. The number of rotatable bonds is 3. The van der Waals surface area contributed by atoms with Gasteiger partial charge in [0.2, 0.25) is 11.5 Å². The van der Waals surface area contributed by atoms with Crippen LogP contribution in [-0.2, 0) is 0 Å². The van der Waals surface area contributed by atoms with Gasteiger partial charge in [0, 0.05) is 11.5 Å². The Kier molecular flexibility index (Phi) is 3.34. The summed E-state index contributed by atoms with van der Waals surface area (Å²) in [6.07, 6.45) is 0. The Hall–Kier alpha value is -3.15. The summed E-state index contributed by atoms with van der Waals surface area (Å²) < 4.78 is 10.5. The van der Waals surface area contributed by atoms with E-state index in [1.165, 1.54) is 12.1 Å². The minimum absolute atomic E-state index is 0.00277. The minimum atomic E-state index is -0.773. The van der Waals surface area contributed by atoms with Crippen LogP contribution in [0.4, 0.5) is 5.69 Å². The number of benzene rings is 2. The Bertz CT molecular complexity index is 848. The van der Waals surface area contributed by atoms with Crippen LogP contribution < -0.4 is 4.74 Å². The zero-order valence-electron chi connectivity index (χ0n) is 11.6. The summed E-state index contributed by atoms with van der Waals surface area (Å²) in [5, 5.41) is 11.7. The van der Waals surface area contributed by atoms with Crippen LogP contribution in [0.15, 0.2) is 52.9 Å². The molecular formula is C16H11NO5. The molecule has 6 heteroatoms. The highest BCUT2D eigenvalue weighted by molar-refractivity contribution is 5.94. The van der Waals surface area contributed by atoms with Crippen LogP contribution in [0, 0.1) is 17.0 Å². The summed E-state index contributed by atoms with van der Waals surface area (Å²) in [6.45, 7) is 1.75. The van der Waals surface area contributed by atoms with Crippen molar-refractivity contribution in [3.05, 3.63) is 70.0 Å². The first-order chi connectivity index (χ1) is 10.5. The molecule has 6 nitrogen and oxygen atoms in total. The molecule has 2 aromatic carbocycles. The van der Waals surface area contributed by atoms with Crippen LogP contribution >= 0.6 is 0 Å². The largest absolute Gasteiger partial charge is 0.449 e. The lowest BCUT2D eigenvalue weighted by atomic mass is 10.2. The molecule has 0 unspecified atom stereocenters. The topological polar surface area (TPSA) is 82.6 Å². The van der Waals surface area contributed by atoms with Crippen molar-refractivity contribution in [2.75, 3.05) is 0 Å². The summed E-state index contributed by atoms with van der Waals surface area (Å²) in [5.41, 5.74) is 1.03. The minimum Gasteiger partial charge on any atom is -0.449 e. The molecule has 1 heterocycles. The number of esters is 1. The van der Waals surface area contributed by atoms with Gasteiger partial charge in [-0.2, -0.15) is 0 Å². The SMILES string of the molecule is Cc1ccc([N+](=O)[O-])c(OC(=O)c2cc3ccccc3o2)c1. The third-order valence-electron chi connectivity index (χ3n) is 3.14. The van der Waals surface area contributed by atoms with Gasteiger partial charge in [-0.3, -0.25) is 10.1 Å². The summed E-state index contributed by atoms with van der Waals surface area (Å²) in [7, 11) is 0. The first-order valence-electron chi connectivity index (χ1n) is 6.50. The van der Waals surface area contributed by atoms with E-state index in [0.29, 0.717) is 5.58 Å². The zero-order valence-corrected chi connectivity index (χ0v) is 11.6. The lowest BCUT2D eigenvalue weighted by Gasteiger charge is -2.04. The Morgan fingerprint density at radius 1 is 1.18 bits per heavy atom. The number of aryl methyl sites for hydroxylation is 1. The molecule has 1 aromatic heterocycles. The molecule has 3 rings (SSSR count). The smallest absolute Gasteiger partial charge is 0.379 e. The van der Waals surface area contributed by atoms with E-state index in [1.807, 2.05) is 6.07 Å². The number of fused-ring (bicyclic) bond motifs is 1.